The molecule has 2 N–H and O–H groups in total. The molecule has 2 bridgehead atoms. The standard InChI is InChI=1S/C24H28N2O3/c27-18-13-16-9-10-17(14-18)26(16)12-11-25-24(28)29-15-23-21-7-3-1-5-19(21)20-6-2-4-8-22(20)23/h1-8,16-18,23,27H,9-15H2,(H,25,28). The quantitative estimate of drug-likeness (QED) is 0.817. The van der Waals surface area contributed by atoms with E-state index in [-0.39, 0.29) is 18.1 Å². The van der Waals surface area contributed by atoms with Crippen molar-refractivity contribution in [3.63, 3.8) is 0 Å². The minimum absolute atomic E-state index is 0.0903. The Morgan fingerprint density at radius 3 is 2.21 bits per heavy atom. The summed E-state index contributed by atoms with van der Waals surface area (Å²) in [4.78, 5) is 14.8. The minimum atomic E-state index is -0.351. The summed E-state index contributed by atoms with van der Waals surface area (Å²) < 4.78 is 5.61. The lowest BCUT2D eigenvalue weighted by molar-refractivity contribution is 0.0358. The Morgan fingerprint density at radius 2 is 1.59 bits per heavy atom. The van der Waals surface area contributed by atoms with Gasteiger partial charge in [-0.2, -0.15) is 0 Å². The normalized spacial score (nSPS) is 25.5. The highest BCUT2D eigenvalue weighted by molar-refractivity contribution is 5.79. The van der Waals surface area contributed by atoms with Crippen molar-refractivity contribution in [1.29, 1.82) is 0 Å². The largest absolute Gasteiger partial charge is 0.449 e. The highest BCUT2D eigenvalue weighted by Gasteiger charge is 2.39. The molecule has 2 aliphatic heterocycles. The van der Waals surface area contributed by atoms with Crippen molar-refractivity contribution >= 4 is 6.09 Å². The minimum Gasteiger partial charge on any atom is -0.449 e. The van der Waals surface area contributed by atoms with E-state index in [1.54, 1.807) is 0 Å². The third kappa shape index (κ3) is 3.53. The van der Waals surface area contributed by atoms with E-state index in [2.05, 4.69) is 46.6 Å². The molecule has 29 heavy (non-hydrogen) atoms. The van der Waals surface area contributed by atoms with Crippen LogP contribution < -0.4 is 5.32 Å². The molecule has 2 heterocycles. The van der Waals surface area contributed by atoms with Gasteiger partial charge in [-0.1, -0.05) is 48.5 Å². The first-order valence-electron chi connectivity index (χ1n) is 10.7. The van der Waals surface area contributed by atoms with Gasteiger partial charge in [0.15, 0.2) is 0 Å². The van der Waals surface area contributed by atoms with Gasteiger partial charge in [-0.05, 0) is 47.9 Å². The van der Waals surface area contributed by atoms with Crippen molar-refractivity contribution in [2.75, 3.05) is 19.7 Å². The van der Waals surface area contributed by atoms with Crippen LogP contribution in [0.1, 0.15) is 42.7 Å². The summed E-state index contributed by atoms with van der Waals surface area (Å²) in [5.41, 5.74) is 4.93. The molecule has 3 aliphatic rings. The summed E-state index contributed by atoms with van der Waals surface area (Å²) in [6, 6.07) is 17.7. The van der Waals surface area contributed by atoms with E-state index in [9.17, 15) is 9.90 Å². The summed E-state index contributed by atoms with van der Waals surface area (Å²) in [5, 5.41) is 12.8. The SMILES string of the molecule is O=C(NCCN1C2CCC1CC(O)C2)OCC1c2ccccc2-c2ccccc21. The second-order valence-electron chi connectivity index (χ2n) is 8.50. The number of carbonyl (C=O) groups is 1. The van der Waals surface area contributed by atoms with E-state index in [4.69, 9.17) is 4.74 Å². The maximum atomic E-state index is 12.3. The predicted molar refractivity (Wildman–Crippen MR) is 112 cm³/mol. The Balaban J connectivity index is 1.15. The van der Waals surface area contributed by atoms with E-state index in [0.29, 0.717) is 25.2 Å². The number of carbonyl (C=O) groups excluding carboxylic acids is 1. The Kier molecular flexibility index (Phi) is 5.02. The zero-order valence-corrected chi connectivity index (χ0v) is 16.6. The number of alkyl carbamates (subject to hydrolysis) is 1. The van der Waals surface area contributed by atoms with E-state index in [1.807, 2.05) is 12.1 Å². The topological polar surface area (TPSA) is 61.8 Å². The number of rotatable bonds is 5. The van der Waals surface area contributed by atoms with Crippen LogP contribution in [0, 0.1) is 0 Å². The van der Waals surface area contributed by atoms with Gasteiger partial charge in [0.05, 0.1) is 6.10 Å². The second kappa shape index (κ2) is 7.81. The van der Waals surface area contributed by atoms with Gasteiger partial charge in [-0.3, -0.25) is 4.90 Å². The lowest BCUT2D eigenvalue weighted by Gasteiger charge is -2.37. The Labute approximate surface area is 171 Å². The molecule has 2 aromatic rings. The number of hydrogen-bond donors (Lipinski definition) is 2. The number of fused-ring (bicyclic) bond motifs is 5. The number of hydrogen-bond acceptors (Lipinski definition) is 4. The van der Waals surface area contributed by atoms with E-state index < -0.39 is 0 Å². The van der Waals surface area contributed by atoms with E-state index >= 15 is 0 Å². The average molecular weight is 392 g/mol. The Morgan fingerprint density at radius 1 is 1.00 bits per heavy atom. The number of piperidine rings is 1. The third-order valence-corrected chi connectivity index (χ3v) is 6.84. The summed E-state index contributed by atoms with van der Waals surface area (Å²) in [5.74, 6) is 0.0903. The molecule has 5 rings (SSSR count). The fourth-order valence-electron chi connectivity index (χ4n) is 5.55. The molecule has 152 valence electrons. The van der Waals surface area contributed by atoms with Crippen LogP contribution in [-0.4, -0.2) is 54.0 Å². The maximum absolute atomic E-state index is 12.3. The number of aliphatic hydroxyl groups is 1. The molecule has 2 atom stereocenters. The van der Waals surface area contributed by atoms with E-state index in [0.717, 1.165) is 32.2 Å². The van der Waals surface area contributed by atoms with Crippen LogP contribution >= 0.6 is 0 Å². The van der Waals surface area contributed by atoms with Crippen molar-refractivity contribution in [3.05, 3.63) is 59.7 Å². The molecular formula is C24H28N2O3. The lowest BCUT2D eigenvalue weighted by Crippen LogP contribution is -2.47. The fraction of sp³-hybridized carbons (Fsp3) is 0.458. The lowest BCUT2D eigenvalue weighted by atomic mass is 9.98. The molecule has 2 unspecified atom stereocenters. The Bertz CT molecular complexity index is 840. The molecule has 1 aliphatic carbocycles. The van der Waals surface area contributed by atoms with Crippen molar-refractivity contribution in [3.8, 4) is 11.1 Å². The van der Waals surface area contributed by atoms with Crippen molar-refractivity contribution in [2.45, 2.75) is 49.8 Å². The van der Waals surface area contributed by atoms with Crippen molar-refractivity contribution < 1.29 is 14.6 Å². The van der Waals surface area contributed by atoms with Crippen LogP contribution in [0.5, 0.6) is 0 Å². The van der Waals surface area contributed by atoms with Gasteiger partial charge in [0.25, 0.3) is 0 Å². The molecule has 5 nitrogen and oxygen atoms in total. The van der Waals surface area contributed by atoms with Crippen LogP contribution in [0.25, 0.3) is 11.1 Å². The number of ether oxygens (including phenoxy) is 1. The highest BCUT2D eigenvalue weighted by Crippen LogP contribution is 2.44. The monoisotopic (exact) mass is 392 g/mol. The first-order valence-corrected chi connectivity index (χ1v) is 10.7. The molecule has 0 aromatic heterocycles. The van der Waals surface area contributed by atoms with Gasteiger partial charge in [0.2, 0.25) is 0 Å². The van der Waals surface area contributed by atoms with Crippen LogP contribution in [0.3, 0.4) is 0 Å². The van der Waals surface area contributed by atoms with Gasteiger partial charge < -0.3 is 15.2 Å². The first-order chi connectivity index (χ1) is 14.2. The number of benzene rings is 2. The molecule has 2 aromatic carbocycles. The molecule has 0 spiro atoms. The van der Waals surface area contributed by atoms with E-state index in [1.165, 1.54) is 22.3 Å². The van der Waals surface area contributed by atoms with Crippen molar-refractivity contribution in [2.24, 2.45) is 0 Å². The molecule has 1 amide bonds. The predicted octanol–water partition coefficient (Wildman–Crippen LogP) is 3.51. The van der Waals surface area contributed by atoms with Crippen LogP contribution in [0.15, 0.2) is 48.5 Å². The highest BCUT2D eigenvalue weighted by atomic mass is 16.5. The van der Waals surface area contributed by atoms with Gasteiger partial charge >= 0.3 is 6.09 Å². The number of amides is 1. The second-order valence-corrected chi connectivity index (χ2v) is 8.50. The zero-order chi connectivity index (χ0) is 19.8. The number of nitrogens with zero attached hydrogens (tertiary/aromatic N) is 1. The maximum Gasteiger partial charge on any atom is 0.407 e. The molecule has 2 saturated heterocycles. The van der Waals surface area contributed by atoms with Crippen molar-refractivity contribution in [1.82, 2.24) is 10.2 Å². The summed E-state index contributed by atoms with van der Waals surface area (Å²) in [7, 11) is 0. The summed E-state index contributed by atoms with van der Waals surface area (Å²) in [6.45, 7) is 1.76. The zero-order valence-electron chi connectivity index (χ0n) is 16.6. The fourth-order valence-corrected chi connectivity index (χ4v) is 5.55. The number of nitrogens with one attached hydrogen (secondary N) is 1. The van der Waals surface area contributed by atoms with Gasteiger partial charge in [-0.25, -0.2) is 4.79 Å². The molecule has 0 radical (unpaired) electrons. The molecular weight excluding hydrogens is 364 g/mol. The third-order valence-electron chi connectivity index (χ3n) is 6.84. The summed E-state index contributed by atoms with van der Waals surface area (Å²) >= 11 is 0. The van der Waals surface area contributed by atoms with Crippen LogP contribution in [0.2, 0.25) is 0 Å². The molecule has 0 saturated carbocycles. The number of aliphatic hydroxyl groups excluding tert-OH is 1. The summed E-state index contributed by atoms with van der Waals surface area (Å²) in [6.07, 6.45) is 3.54. The van der Waals surface area contributed by atoms with Gasteiger partial charge in [0, 0.05) is 31.1 Å². The molecule has 2 fully saturated rings. The smallest absolute Gasteiger partial charge is 0.407 e. The average Bonchev–Trinajstić information content (AvgIpc) is 3.18. The van der Waals surface area contributed by atoms with Crippen LogP contribution in [-0.2, 0) is 4.74 Å². The Hall–Kier alpha value is -2.37. The van der Waals surface area contributed by atoms with Crippen LogP contribution in [0.4, 0.5) is 4.79 Å². The van der Waals surface area contributed by atoms with Gasteiger partial charge in [0.1, 0.15) is 6.61 Å². The van der Waals surface area contributed by atoms with Gasteiger partial charge in [-0.15, -0.1) is 0 Å². The molecule has 5 heteroatoms. The first kappa shape index (κ1) is 18.6.